The summed E-state index contributed by atoms with van der Waals surface area (Å²) in [7, 11) is 0. The molecule has 2 rings (SSSR count). The lowest BCUT2D eigenvalue weighted by Gasteiger charge is -2.10. The highest BCUT2D eigenvalue weighted by Crippen LogP contribution is 2.28. The molecule has 0 saturated heterocycles. The van der Waals surface area contributed by atoms with Crippen molar-refractivity contribution in [3.63, 3.8) is 0 Å². The van der Waals surface area contributed by atoms with Gasteiger partial charge in [-0.1, -0.05) is 52.0 Å². The number of hydrogen-bond acceptors (Lipinski definition) is 2. The second kappa shape index (κ2) is 6.36. The molecule has 1 aromatic carbocycles. The van der Waals surface area contributed by atoms with E-state index in [0.29, 0.717) is 12.0 Å². The zero-order chi connectivity index (χ0) is 13.8. The Balaban J connectivity index is 2.19. The van der Waals surface area contributed by atoms with Crippen LogP contribution in [0.3, 0.4) is 0 Å². The molecule has 1 N–H and O–H groups in total. The van der Waals surface area contributed by atoms with Crippen molar-refractivity contribution in [2.75, 3.05) is 0 Å². The number of benzene rings is 1. The second-order valence-electron chi connectivity index (χ2n) is 5.62. The maximum atomic E-state index is 3.49. The van der Waals surface area contributed by atoms with E-state index in [1.165, 1.54) is 22.3 Å². The van der Waals surface area contributed by atoms with Crippen molar-refractivity contribution in [1.29, 1.82) is 0 Å². The predicted octanol–water partition coefficient (Wildman–Crippen LogP) is 5.04. The Morgan fingerprint density at radius 3 is 2.26 bits per heavy atom. The lowest BCUT2D eigenvalue weighted by molar-refractivity contribution is 0.590. The van der Waals surface area contributed by atoms with Gasteiger partial charge in [-0.05, 0) is 38.9 Å². The molecular weight excluding hydrogens is 250 g/mol. The quantitative estimate of drug-likeness (QED) is 0.805. The molecule has 0 amide bonds. The lowest BCUT2D eigenvalue weighted by atomic mass is 9.98. The minimum absolute atomic E-state index is 0.524. The molecule has 2 heteroatoms. The molecule has 102 valence electrons. The van der Waals surface area contributed by atoms with Crippen LogP contribution < -0.4 is 5.32 Å². The number of thiophene rings is 1. The molecule has 0 fully saturated rings. The van der Waals surface area contributed by atoms with Crippen molar-refractivity contribution in [2.24, 2.45) is 0 Å². The van der Waals surface area contributed by atoms with Gasteiger partial charge in [-0.3, -0.25) is 0 Å². The van der Waals surface area contributed by atoms with Gasteiger partial charge in [0.25, 0.3) is 0 Å². The van der Waals surface area contributed by atoms with E-state index in [9.17, 15) is 0 Å². The van der Waals surface area contributed by atoms with E-state index in [0.717, 1.165) is 6.54 Å². The first-order valence-corrected chi connectivity index (χ1v) is 7.91. The first kappa shape index (κ1) is 14.3. The van der Waals surface area contributed by atoms with Crippen LogP contribution in [-0.4, -0.2) is 6.04 Å². The van der Waals surface area contributed by atoms with E-state index in [1.807, 2.05) is 0 Å². The summed E-state index contributed by atoms with van der Waals surface area (Å²) in [5.74, 6) is 0.596. The molecule has 19 heavy (non-hydrogen) atoms. The predicted molar refractivity (Wildman–Crippen MR) is 85.8 cm³/mol. The van der Waals surface area contributed by atoms with Crippen molar-refractivity contribution in [2.45, 2.75) is 46.2 Å². The van der Waals surface area contributed by atoms with Gasteiger partial charge in [0.05, 0.1) is 0 Å². The summed E-state index contributed by atoms with van der Waals surface area (Å²) >= 11 is 1.78. The Bertz CT molecular complexity index is 508. The third kappa shape index (κ3) is 3.68. The van der Waals surface area contributed by atoms with Gasteiger partial charge < -0.3 is 5.32 Å². The highest BCUT2D eigenvalue weighted by molar-refractivity contribution is 7.08. The third-order valence-corrected chi connectivity index (χ3v) is 4.12. The summed E-state index contributed by atoms with van der Waals surface area (Å²) in [6.07, 6.45) is 0. The molecule has 0 atom stereocenters. The highest BCUT2D eigenvalue weighted by Gasteiger charge is 2.07. The van der Waals surface area contributed by atoms with Gasteiger partial charge in [0.15, 0.2) is 0 Å². The Kier molecular flexibility index (Phi) is 4.78. The van der Waals surface area contributed by atoms with Gasteiger partial charge >= 0.3 is 0 Å². The number of hydrogen-bond donors (Lipinski definition) is 1. The Labute approximate surface area is 120 Å². The normalized spacial score (nSPS) is 11.5. The molecule has 0 unspecified atom stereocenters. The van der Waals surface area contributed by atoms with Crippen LogP contribution in [-0.2, 0) is 6.54 Å². The number of rotatable bonds is 5. The maximum absolute atomic E-state index is 3.49. The van der Waals surface area contributed by atoms with E-state index >= 15 is 0 Å². The van der Waals surface area contributed by atoms with Crippen LogP contribution in [0.5, 0.6) is 0 Å². The van der Waals surface area contributed by atoms with Gasteiger partial charge in [0, 0.05) is 12.6 Å². The summed E-state index contributed by atoms with van der Waals surface area (Å²) in [6.45, 7) is 9.78. The van der Waals surface area contributed by atoms with Gasteiger partial charge in [0.2, 0.25) is 0 Å². The van der Waals surface area contributed by atoms with Crippen LogP contribution in [0.4, 0.5) is 0 Å². The molecule has 0 spiro atoms. The fourth-order valence-corrected chi connectivity index (χ4v) is 2.94. The van der Waals surface area contributed by atoms with E-state index < -0.39 is 0 Å². The maximum Gasteiger partial charge on any atom is 0.0222 e. The molecule has 0 radical (unpaired) electrons. The van der Waals surface area contributed by atoms with Crippen molar-refractivity contribution in [1.82, 2.24) is 5.32 Å². The van der Waals surface area contributed by atoms with Gasteiger partial charge in [-0.15, -0.1) is 0 Å². The first-order chi connectivity index (χ1) is 9.08. The van der Waals surface area contributed by atoms with Crippen LogP contribution >= 0.6 is 11.3 Å². The minimum Gasteiger partial charge on any atom is -0.310 e. The van der Waals surface area contributed by atoms with Gasteiger partial charge in [0.1, 0.15) is 0 Å². The molecule has 1 nitrogen and oxygen atoms in total. The van der Waals surface area contributed by atoms with Crippen LogP contribution in [0, 0.1) is 0 Å². The van der Waals surface area contributed by atoms with Crippen LogP contribution in [0.1, 0.15) is 44.7 Å². The minimum atomic E-state index is 0.524. The summed E-state index contributed by atoms with van der Waals surface area (Å²) in [4.78, 5) is 0. The zero-order valence-corrected chi connectivity index (χ0v) is 13.1. The molecule has 1 aromatic heterocycles. The highest BCUT2D eigenvalue weighted by atomic mass is 32.1. The fraction of sp³-hybridized carbons (Fsp3) is 0.412. The van der Waals surface area contributed by atoms with Gasteiger partial charge in [-0.2, -0.15) is 11.3 Å². The average molecular weight is 273 g/mol. The summed E-state index contributed by atoms with van der Waals surface area (Å²) in [5.41, 5.74) is 5.50. The molecule has 0 aliphatic rings. The molecular formula is C17H23NS. The molecule has 0 aliphatic carbocycles. The Morgan fingerprint density at radius 2 is 1.68 bits per heavy atom. The summed E-state index contributed by atoms with van der Waals surface area (Å²) in [5, 5.41) is 8.00. The molecule has 1 heterocycles. The van der Waals surface area contributed by atoms with Crippen molar-refractivity contribution >= 4 is 11.3 Å². The first-order valence-electron chi connectivity index (χ1n) is 6.96. The lowest BCUT2D eigenvalue weighted by Crippen LogP contribution is -2.21. The Hall–Kier alpha value is -1.12. The van der Waals surface area contributed by atoms with E-state index in [-0.39, 0.29) is 0 Å². The molecule has 0 saturated carbocycles. The SMILES string of the molecule is CC(C)NCc1cscc1-c1ccc(C(C)C)cc1. The van der Waals surface area contributed by atoms with E-state index in [4.69, 9.17) is 0 Å². The average Bonchev–Trinajstić information content (AvgIpc) is 2.84. The summed E-state index contributed by atoms with van der Waals surface area (Å²) in [6, 6.07) is 9.51. The van der Waals surface area contributed by atoms with E-state index in [1.54, 1.807) is 11.3 Å². The van der Waals surface area contributed by atoms with Crippen LogP contribution in [0.25, 0.3) is 11.1 Å². The van der Waals surface area contributed by atoms with Crippen molar-refractivity contribution in [3.8, 4) is 11.1 Å². The molecule has 2 aromatic rings. The van der Waals surface area contributed by atoms with Crippen LogP contribution in [0.2, 0.25) is 0 Å². The summed E-state index contributed by atoms with van der Waals surface area (Å²) < 4.78 is 0. The zero-order valence-electron chi connectivity index (χ0n) is 12.2. The standard InChI is InChI=1S/C17H23NS/c1-12(2)14-5-7-15(8-6-14)17-11-19-10-16(17)9-18-13(3)4/h5-8,10-13,18H,9H2,1-4H3. The van der Waals surface area contributed by atoms with E-state index in [2.05, 4.69) is 68.0 Å². The smallest absolute Gasteiger partial charge is 0.0222 e. The molecule has 0 aliphatic heterocycles. The largest absolute Gasteiger partial charge is 0.310 e. The monoisotopic (exact) mass is 273 g/mol. The van der Waals surface area contributed by atoms with Crippen molar-refractivity contribution < 1.29 is 0 Å². The third-order valence-electron chi connectivity index (χ3n) is 3.33. The Morgan fingerprint density at radius 1 is 1.00 bits per heavy atom. The van der Waals surface area contributed by atoms with Gasteiger partial charge in [-0.25, -0.2) is 0 Å². The number of nitrogens with one attached hydrogen (secondary N) is 1. The second-order valence-corrected chi connectivity index (χ2v) is 6.37. The topological polar surface area (TPSA) is 12.0 Å². The fourth-order valence-electron chi connectivity index (χ4n) is 2.08. The molecule has 0 bridgehead atoms. The van der Waals surface area contributed by atoms with Crippen LogP contribution in [0.15, 0.2) is 35.0 Å². The van der Waals surface area contributed by atoms with Crippen molar-refractivity contribution in [3.05, 3.63) is 46.2 Å².